The van der Waals surface area contributed by atoms with Gasteiger partial charge in [-0.15, -0.1) is 0 Å². The first-order valence-electron chi connectivity index (χ1n) is 3.25. The quantitative estimate of drug-likeness (QED) is 0.717. The van der Waals surface area contributed by atoms with Crippen molar-refractivity contribution < 1.29 is 4.21 Å². The van der Waals surface area contributed by atoms with Crippen molar-refractivity contribution in [2.24, 2.45) is 0 Å². The zero-order valence-electron chi connectivity index (χ0n) is 6.21. The van der Waals surface area contributed by atoms with Crippen molar-refractivity contribution in [1.82, 2.24) is 0 Å². The van der Waals surface area contributed by atoms with Crippen molar-refractivity contribution in [2.45, 2.75) is 11.8 Å². The van der Waals surface area contributed by atoms with Crippen LogP contribution in [-0.4, -0.2) is 8.87 Å². The lowest BCUT2D eigenvalue weighted by molar-refractivity contribution is 0.686. The van der Waals surface area contributed by atoms with Crippen LogP contribution < -0.4 is 0 Å². The molecule has 0 aliphatic heterocycles. The molecule has 3 heteroatoms. The molecule has 0 radical (unpaired) electrons. The molecule has 60 valence electrons. The lowest BCUT2D eigenvalue weighted by atomic mass is 10.2. The monoisotopic (exact) mass is 232 g/mol. The van der Waals surface area contributed by atoms with E-state index in [-0.39, 0.29) is 0 Å². The summed E-state index contributed by atoms with van der Waals surface area (Å²) < 4.78 is 11.7. The van der Waals surface area contributed by atoms with Gasteiger partial charge < -0.3 is 0 Å². The van der Waals surface area contributed by atoms with Crippen LogP contribution in [-0.2, 0) is 10.8 Å². The minimum Gasteiger partial charge on any atom is -0.253 e. The number of benzene rings is 1. The average molecular weight is 233 g/mol. The fourth-order valence-corrected chi connectivity index (χ4v) is 2.11. The van der Waals surface area contributed by atoms with E-state index in [0.717, 1.165) is 4.90 Å². The molecule has 0 aromatic heterocycles. The van der Waals surface area contributed by atoms with E-state index in [4.69, 9.17) is 0 Å². The predicted octanol–water partition coefficient (Wildman–Crippen LogP) is 2.46. The third-order valence-electron chi connectivity index (χ3n) is 1.38. The van der Waals surface area contributed by atoms with Crippen LogP contribution in [0.25, 0.3) is 0 Å². The number of aryl methyl sites for hydroxylation is 1. The van der Waals surface area contributed by atoms with Crippen molar-refractivity contribution in [3.05, 3.63) is 29.8 Å². The summed E-state index contributed by atoms with van der Waals surface area (Å²) in [7, 11) is -0.882. The highest BCUT2D eigenvalue weighted by Gasteiger charge is 1.98. The Morgan fingerprint density at radius 1 is 1.36 bits per heavy atom. The van der Waals surface area contributed by atoms with Crippen LogP contribution in [0.15, 0.2) is 29.2 Å². The first-order chi connectivity index (χ1) is 5.24. The number of alkyl halides is 1. The lowest BCUT2D eigenvalue weighted by Crippen LogP contribution is -1.90. The van der Waals surface area contributed by atoms with Gasteiger partial charge in [0.15, 0.2) is 0 Å². The highest BCUT2D eigenvalue weighted by atomic mass is 79.9. The molecule has 0 spiro atoms. The first kappa shape index (κ1) is 8.94. The molecule has 0 unspecified atom stereocenters. The van der Waals surface area contributed by atoms with Crippen LogP contribution in [0.3, 0.4) is 0 Å². The van der Waals surface area contributed by atoms with E-state index in [9.17, 15) is 4.21 Å². The minimum atomic E-state index is -0.882. The van der Waals surface area contributed by atoms with Gasteiger partial charge in [-0.3, -0.25) is 4.21 Å². The summed E-state index contributed by atoms with van der Waals surface area (Å²) in [6.45, 7) is 2.01. The van der Waals surface area contributed by atoms with Crippen molar-refractivity contribution in [1.29, 1.82) is 0 Å². The van der Waals surface area contributed by atoms with Gasteiger partial charge in [-0.1, -0.05) is 33.6 Å². The van der Waals surface area contributed by atoms with Crippen LogP contribution in [0, 0.1) is 6.92 Å². The molecule has 1 aromatic rings. The maximum absolute atomic E-state index is 11.2. The zero-order valence-corrected chi connectivity index (χ0v) is 8.61. The van der Waals surface area contributed by atoms with E-state index in [1.807, 2.05) is 31.2 Å². The first-order valence-corrected chi connectivity index (χ1v) is 5.69. The summed E-state index contributed by atoms with van der Waals surface area (Å²) in [6, 6.07) is 7.73. The number of hydrogen-bond acceptors (Lipinski definition) is 1. The Balaban J connectivity index is 2.90. The molecule has 0 saturated carbocycles. The summed E-state index contributed by atoms with van der Waals surface area (Å²) in [5, 5.41) is 0. The average Bonchev–Trinajstić information content (AvgIpc) is 2.05. The van der Waals surface area contributed by atoms with Gasteiger partial charge in [-0.2, -0.15) is 0 Å². The second-order valence-electron chi connectivity index (χ2n) is 2.27. The van der Waals surface area contributed by atoms with E-state index in [1.54, 1.807) is 0 Å². The Kier molecular flexibility index (Phi) is 3.27. The molecule has 1 atom stereocenters. The van der Waals surface area contributed by atoms with Gasteiger partial charge in [0.05, 0.1) is 15.5 Å². The van der Waals surface area contributed by atoms with Crippen LogP contribution in [0.4, 0.5) is 0 Å². The lowest BCUT2D eigenvalue weighted by Gasteiger charge is -1.97. The standard InChI is InChI=1S/C8H9BrOS/c1-7-2-4-8(5-3-7)11(10)6-9/h2-5H,6H2,1H3/t11-/m1/s1. The molecular weight excluding hydrogens is 224 g/mol. The van der Waals surface area contributed by atoms with E-state index < -0.39 is 10.8 Å². The Bertz CT molecular complexity index is 255. The minimum absolute atomic E-state index is 0.510. The highest BCUT2D eigenvalue weighted by molar-refractivity contribution is 9.10. The second kappa shape index (κ2) is 4.02. The molecule has 0 N–H and O–H groups in total. The second-order valence-corrected chi connectivity index (χ2v) is 5.02. The molecule has 1 aromatic carbocycles. The third kappa shape index (κ3) is 2.42. The summed E-state index contributed by atoms with van der Waals surface area (Å²) in [4.78, 5) is 0.882. The van der Waals surface area contributed by atoms with Crippen molar-refractivity contribution >= 4 is 26.7 Å². The topological polar surface area (TPSA) is 17.1 Å². The van der Waals surface area contributed by atoms with Crippen molar-refractivity contribution in [2.75, 3.05) is 4.66 Å². The predicted molar refractivity (Wildman–Crippen MR) is 51.4 cm³/mol. The molecule has 0 fully saturated rings. The summed E-state index contributed by atoms with van der Waals surface area (Å²) in [5.41, 5.74) is 1.19. The molecule has 0 aliphatic rings. The summed E-state index contributed by atoms with van der Waals surface area (Å²) >= 11 is 3.17. The fourth-order valence-electron chi connectivity index (χ4n) is 0.753. The maximum atomic E-state index is 11.2. The van der Waals surface area contributed by atoms with E-state index in [0.29, 0.717) is 4.66 Å². The molecule has 0 saturated heterocycles. The zero-order chi connectivity index (χ0) is 8.27. The van der Waals surface area contributed by atoms with Crippen molar-refractivity contribution in [3.8, 4) is 0 Å². The molecule has 0 heterocycles. The van der Waals surface area contributed by atoms with Gasteiger partial charge in [0.25, 0.3) is 0 Å². The summed E-state index contributed by atoms with van der Waals surface area (Å²) in [6.07, 6.45) is 0. The largest absolute Gasteiger partial charge is 0.253 e. The van der Waals surface area contributed by atoms with Crippen LogP contribution in [0.5, 0.6) is 0 Å². The van der Waals surface area contributed by atoms with E-state index in [1.165, 1.54) is 5.56 Å². The highest BCUT2D eigenvalue weighted by Crippen LogP contribution is 2.09. The molecule has 0 bridgehead atoms. The number of halogens is 1. The normalized spacial score (nSPS) is 12.9. The Morgan fingerprint density at radius 2 is 1.91 bits per heavy atom. The molecular formula is C8H9BrOS. The fraction of sp³-hybridized carbons (Fsp3) is 0.250. The van der Waals surface area contributed by atoms with E-state index >= 15 is 0 Å². The molecule has 11 heavy (non-hydrogen) atoms. The van der Waals surface area contributed by atoms with Gasteiger partial charge in [0.2, 0.25) is 0 Å². The SMILES string of the molecule is Cc1ccc([S@](=O)CBr)cc1. The van der Waals surface area contributed by atoms with Gasteiger partial charge in [0.1, 0.15) is 0 Å². The van der Waals surface area contributed by atoms with Crippen LogP contribution >= 0.6 is 15.9 Å². The smallest absolute Gasteiger partial charge is 0.0836 e. The molecule has 1 rings (SSSR count). The molecule has 0 amide bonds. The Labute approximate surface area is 77.4 Å². The summed E-state index contributed by atoms with van der Waals surface area (Å²) in [5.74, 6) is 0. The maximum Gasteiger partial charge on any atom is 0.0836 e. The Hall–Kier alpha value is -0.150. The molecule has 1 nitrogen and oxygen atoms in total. The van der Waals surface area contributed by atoms with Gasteiger partial charge in [0, 0.05) is 4.90 Å². The van der Waals surface area contributed by atoms with Gasteiger partial charge >= 0.3 is 0 Å². The number of hydrogen-bond donors (Lipinski definition) is 0. The molecule has 0 aliphatic carbocycles. The van der Waals surface area contributed by atoms with Crippen LogP contribution in [0.1, 0.15) is 5.56 Å². The Morgan fingerprint density at radius 3 is 2.36 bits per heavy atom. The van der Waals surface area contributed by atoms with Crippen molar-refractivity contribution in [3.63, 3.8) is 0 Å². The number of rotatable bonds is 2. The third-order valence-corrected chi connectivity index (χ3v) is 3.63. The van der Waals surface area contributed by atoms with Gasteiger partial charge in [-0.25, -0.2) is 0 Å². The van der Waals surface area contributed by atoms with Gasteiger partial charge in [-0.05, 0) is 19.1 Å². The van der Waals surface area contributed by atoms with Crippen LogP contribution in [0.2, 0.25) is 0 Å². The van der Waals surface area contributed by atoms with E-state index in [2.05, 4.69) is 15.9 Å².